The van der Waals surface area contributed by atoms with E-state index in [-0.39, 0.29) is 24.2 Å². The summed E-state index contributed by atoms with van der Waals surface area (Å²) in [6, 6.07) is 1.61. The summed E-state index contributed by atoms with van der Waals surface area (Å²) in [7, 11) is 1.92. The van der Waals surface area contributed by atoms with Crippen LogP contribution in [0.2, 0.25) is 0 Å². The number of amides is 2. The average molecular weight is 329 g/mol. The smallest absolute Gasteiger partial charge is 0.315 e. The number of aromatic amines is 1. The van der Waals surface area contributed by atoms with Crippen LogP contribution in [-0.4, -0.2) is 20.8 Å². The maximum atomic E-state index is 12.2. The highest BCUT2D eigenvalue weighted by Crippen LogP contribution is 2.28. The molecule has 2 aromatic heterocycles. The number of urea groups is 1. The molecule has 128 valence electrons. The summed E-state index contributed by atoms with van der Waals surface area (Å²) < 4.78 is 1.87. The number of carbonyl (C=O) groups is 1. The van der Waals surface area contributed by atoms with Gasteiger partial charge in [-0.3, -0.25) is 9.48 Å². The number of hydrogen-bond donors (Lipinski definition) is 3. The Balaban J connectivity index is 1.64. The molecule has 7 heteroatoms. The third-order valence-corrected chi connectivity index (χ3v) is 4.60. The molecular formula is C17H23N5O2. The number of aryl methyl sites for hydroxylation is 3. The number of fused-ring (bicyclic) bond motifs is 1. The average Bonchev–Trinajstić information content (AvgIpc) is 2.89. The molecule has 1 unspecified atom stereocenters. The highest BCUT2D eigenvalue weighted by atomic mass is 16.2. The van der Waals surface area contributed by atoms with Gasteiger partial charge in [-0.1, -0.05) is 0 Å². The van der Waals surface area contributed by atoms with Crippen LogP contribution in [0.1, 0.15) is 47.0 Å². The molecule has 0 aromatic carbocycles. The van der Waals surface area contributed by atoms with E-state index in [1.165, 1.54) is 5.69 Å². The number of carbonyl (C=O) groups excluding carboxylic acids is 1. The van der Waals surface area contributed by atoms with Gasteiger partial charge in [0.2, 0.25) is 0 Å². The minimum atomic E-state index is -0.268. The Labute approximate surface area is 140 Å². The molecule has 0 saturated carbocycles. The molecule has 3 N–H and O–H groups in total. The summed E-state index contributed by atoms with van der Waals surface area (Å²) in [6.45, 7) is 3.92. The molecule has 1 aliphatic carbocycles. The van der Waals surface area contributed by atoms with Crippen molar-refractivity contribution in [1.29, 1.82) is 0 Å². The quantitative estimate of drug-likeness (QED) is 0.799. The summed E-state index contributed by atoms with van der Waals surface area (Å²) in [5.74, 6) is 0. The van der Waals surface area contributed by atoms with Gasteiger partial charge in [-0.25, -0.2) is 4.79 Å². The number of aromatic nitrogens is 3. The van der Waals surface area contributed by atoms with E-state index in [0.717, 1.165) is 36.1 Å². The maximum absolute atomic E-state index is 12.2. The van der Waals surface area contributed by atoms with E-state index < -0.39 is 0 Å². The lowest BCUT2D eigenvalue weighted by Crippen LogP contribution is -2.39. The van der Waals surface area contributed by atoms with Gasteiger partial charge in [0.25, 0.3) is 5.56 Å². The molecule has 0 bridgehead atoms. The fourth-order valence-electron chi connectivity index (χ4n) is 3.34. The van der Waals surface area contributed by atoms with Gasteiger partial charge in [-0.2, -0.15) is 5.10 Å². The van der Waals surface area contributed by atoms with E-state index >= 15 is 0 Å². The zero-order valence-electron chi connectivity index (χ0n) is 14.3. The van der Waals surface area contributed by atoms with Crippen LogP contribution in [0.5, 0.6) is 0 Å². The van der Waals surface area contributed by atoms with E-state index in [9.17, 15) is 9.59 Å². The highest BCUT2D eigenvalue weighted by Gasteiger charge is 2.24. The van der Waals surface area contributed by atoms with Gasteiger partial charge in [0.1, 0.15) is 0 Å². The molecule has 2 amide bonds. The lowest BCUT2D eigenvalue weighted by molar-refractivity contribution is 0.235. The van der Waals surface area contributed by atoms with Gasteiger partial charge in [0.05, 0.1) is 18.8 Å². The molecule has 0 aliphatic heterocycles. The molecular weight excluding hydrogens is 306 g/mol. The van der Waals surface area contributed by atoms with Gasteiger partial charge >= 0.3 is 6.03 Å². The number of nitrogens with one attached hydrogen (secondary N) is 3. The number of hydrogen-bond acceptors (Lipinski definition) is 3. The van der Waals surface area contributed by atoms with Crippen molar-refractivity contribution in [2.45, 2.75) is 45.7 Å². The van der Waals surface area contributed by atoms with Crippen LogP contribution in [0.3, 0.4) is 0 Å². The standard InChI is InChI=1S/C17H23N5O2/c1-10-7-11(2)20-16(23)12(10)8-18-17(24)21-14-5-4-6-15-13(14)9-19-22(15)3/h7,9,14H,4-6,8H2,1-3H3,(H,20,23)(H2,18,21,24). The largest absolute Gasteiger partial charge is 0.334 e. The lowest BCUT2D eigenvalue weighted by Gasteiger charge is -2.24. The Hall–Kier alpha value is -2.57. The summed E-state index contributed by atoms with van der Waals surface area (Å²) >= 11 is 0. The van der Waals surface area contributed by atoms with Crippen molar-refractivity contribution < 1.29 is 4.79 Å². The molecule has 1 atom stereocenters. The fourth-order valence-corrected chi connectivity index (χ4v) is 3.34. The normalized spacial score (nSPS) is 16.5. The first-order valence-corrected chi connectivity index (χ1v) is 8.20. The topological polar surface area (TPSA) is 91.8 Å². The predicted molar refractivity (Wildman–Crippen MR) is 90.8 cm³/mol. The van der Waals surface area contributed by atoms with E-state index in [1.807, 2.05) is 37.8 Å². The van der Waals surface area contributed by atoms with Crippen molar-refractivity contribution in [1.82, 2.24) is 25.4 Å². The molecule has 0 fully saturated rings. The van der Waals surface area contributed by atoms with E-state index in [4.69, 9.17) is 0 Å². The molecule has 3 rings (SSSR count). The van der Waals surface area contributed by atoms with Gasteiger partial charge in [-0.05, 0) is 44.7 Å². The van der Waals surface area contributed by atoms with Gasteiger partial charge in [0.15, 0.2) is 0 Å². The monoisotopic (exact) mass is 329 g/mol. The third-order valence-electron chi connectivity index (χ3n) is 4.60. The zero-order chi connectivity index (χ0) is 17.3. The Morgan fingerprint density at radius 3 is 3.00 bits per heavy atom. The van der Waals surface area contributed by atoms with Crippen molar-refractivity contribution in [3.05, 3.63) is 50.7 Å². The Bertz CT molecular complexity index is 821. The highest BCUT2D eigenvalue weighted by molar-refractivity contribution is 5.74. The Morgan fingerprint density at radius 1 is 1.46 bits per heavy atom. The SMILES string of the molecule is Cc1cc(C)c(CNC(=O)NC2CCCc3c2cnn3C)c(=O)[nH]1. The van der Waals surface area contributed by atoms with Crippen molar-refractivity contribution in [2.24, 2.45) is 7.05 Å². The molecule has 2 aromatic rings. The molecule has 0 spiro atoms. The van der Waals surface area contributed by atoms with Crippen molar-refractivity contribution in [2.75, 3.05) is 0 Å². The number of H-pyrrole nitrogens is 1. The van der Waals surface area contributed by atoms with Crippen LogP contribution < -0.4 is 16.2 Å². The van der Waals surface area contributed by atoms with E-state index in [0.29, 0.717) is 5.56 Å². The van der Waals surface area contributed by atoms with Crippen LogP contribution in [-0.2, 0) is 20.0 Å². The summed E-state index contributed by atoms with van der Waals surface area (Å²) in [4.78, 5) is 27.0. The molecule has 0 radical (unpaired) electrons. The van der Waals surface area contributed by atoms with Crippen LogP contribution in [0, 0.1) is 13.8 Å². The third kappa shape index (κ3) is 3.20. The molecule has 1 aliphatic rings. The minimum Gasteiger partial charge on any atom is -0.334 e. The second-order valence-electron chi connectivity index (χ2n) is 6.39. The lowest BCUT2D eigenvalue weighted by atomic mass is 9.93. The number of pyridine rings is 1. The van der Waals surface area contributed by atoms with Crippen LogP contribution in [0.25, 0.3) is 0 Å². The fraction of sp³-hybridized carbons (Fsp3) is 0.471. The summed E-state index contributed by atoms with van der Waals surface area (Å²) in [5.41, 5.74) is 4.39. The number of nitrogens with zero attached hydrogens (tertiary/aromatic N) is 2. The minimum absolute atomic E-state index is 0.0279. The second kappa shape index (κ2) is 6.51. The summed E-state index contributed by atoms with van der Waals surface area (Å²) in [6.07, 6.45) is 4.74. The zero-order valence-corrected chi connectivity index (χ0v) is 14.3. The molecule has 24 heavy (non-hydrogen) atoms. The van der Waals surface area contributed by atoms with Crippen molar-refractivity contribution >= 4 is 6.03 Å². The summed E-state index contributed by atoms with van der Waals surface area (Å²) in [5, 5.41) is 10.1. The van der Waals surface area contributed by atoms with Crippen molar-refractivity contribution in [3.63, 3.8) is 0 Å². The first kappa shape index (κ1) is 16.3. The van der Waals surface area contributed by atoms with E-state index in [2.05, 4.69) is 20.7 Å². The van der Waals surface area contributed by atoms with Gasteiger partial charge in [-0.15, -0.1) is 0 Å². The van der Waals surface area contributed by atoms with E-state index in [1.54, 1.807) is 0 Å². The predicted octanol–water partition coefficient (Wildman–Crippen LogP) is 1.60. The molecule has 7 nitrogen and oxygen atoms in total. The Kier molecular flexibility index (Phi) is 4.42. The van der Waals surface area contributed by atoms with Crippen LogP contribution >= 0.6 is 0 Å². The molecule has 2 heterocycles. The van der Waals surface area contributed by atoms with Gasteiger partial charge in [0, 0.05) is 29.6 Å². The van der Waals surface area contributed by atoms with Crippen molar-refractivity contribution in [3.8, 4) is 0 Å². The second-order valence-corrected chi connectivity index (χ2v) is 6.39. The van der Waals surface area contributed by atoms with Crippen LogP contribution in [0.4, 0.5) is 4.79 Å². The molecule has 0 saturated heterocycles. The maximum Gasteiger partial charge on any atom is 0.315 e. The first-order valence-electron chi connectivity index (χ1n) is 8.20. The first-order chi connectivity index (χ1) is 11.5. The number of rotatable bonds is 3. The van der Waals surface area contributed by atoms with Gasteiger partial charge < -0.3 is 15.6 Å². The Morgan fingerprint density at radius 2 is 2.25 bits per heavy atom. The van der Waals surface area contributed by atoms with Crippen LogP contribution in [0.15, 0.2) is 17.1 Å².